The lowest BCUT2D eigenvalue weighted by Crippen LogP contribution is -2.25. The first-order valence-electron chi connectivity index (χ1n) is 4.59. The maximum atomic E-state index is 9.83. The van der Waals surface area contributed by atoms with E-state index < -0.39 is 12.1 Å². The fourth-order valence-electron chi connectivity index (χ4n) is 1.30. The van der Waals surface area contributed by atoms with Crippen molar-refractivity contribution in [3.63, 3.8) is 0 Å². The van der Waals surface area contributed by atoms with Crippen molar-refractivity contribution >= 4 is 57.6 Å². The Hall–Kier alpha value is 0.690. The molecule has 0 amide bonds. The Morgan fingerprint density at radius 2 is 1.94 bits per heavy atom. The summed E-state index contributed by atoms with van der Waals surface area (Å²) in [6.07, 6.45) is -0.0484. The van der Waals surface area contributed by atoms with Gasteiger partial charge in [-0.2, -0.15) is 0 Å². The maximum absolute atomic E-state index is 9.83. The van der Waals surface area contributed by atoms with Crippen LogP contribution in [0.4, 0.5) is 0 Å². The highest BCUT2D eigenvalue weighted by molar-refractivity contribution is 14.1. The predicted octanol–water partition coefficient (Wildman–Crippen LogP) is 2.79. The maximum Gasteiger partial charge on any atom is 0.133 e. The minimum Gasteiger partial charge on any atom is -0.506 e. The third kappa shape index (κ3) is 3.86. The average molecular weight is 469 g/mol. The van der Waals surface area contributed by atoms with E-state index in [1.807, 2.05) is 19.1 Å². The number of halogens is 3. The van der Waals surface area contributed by atoms with Gasteiger partial charge >= 0.3 is 0 Å². The summed E-state index contributed by atoms with van der Waals surface area (Å²) in [6, 6.07) is 3.14. The third-order valence-corrected chi connectivity index (χ3v) is 3.69. The van der Waals surface area contributed by atoms with Crippen molar-refractivity contribution in [1.82, 2.24) is 0 Å². The van der Waals surface area contributed by atoms with Crippen LogP contribution in [-0.4, -0.2) is 16.3 Å². The average Bonchev–Trinajstić information content (AvgIpc) is 2.21. The lowest BCUT2D eigenvalue weighted by molar-refractivity contribution is 0.139. The van der Waals surface area contributed by atoms with Gasteiger partial charge in [0.05, 0.1) is 15.7 Å². The smallest absolute Gasteiger partial charge is 0.133 e. The molecule has 2 atom stereocenters. The zero-order valence-electron chi connectivity index (χ0n) is 8.65. The molecule has 0 spiro atoms. The highest BCUT2D eigenvalue weighted by Gasteiger charge is 2.20. The van der Waals surface area contributed by atoms with Gasteiger partial charge in [0.1, 0.15) is 5.75 Å². The van der Waals surface area contributed by atoms with Crippen molar-refractivity contribution in [3.05, 3.63) is 24.8 Å². The van der Waals surface area contributed by atoms with Gasteiger partial charge in [-0.15, -0.1) is 12.4 Å². The van der Waals surface area contributed by atoms with Gasteiger partial charge in [-0.05, 0) is 63.7 Å². The van der Waals surface area contributed by atoms with Crippen LogP contribution in [0.1, 0.15) is 24.9 Å². The van der Waals surface area contributed by atoms with Crippen molar-refractivity contribution in [2.24, 2.45) is 5.73 Å². The van der Waals surface area contributed by atoms with Crippen molar-refractivity contribution in [1.29, 1.82) is 0 Å². The van der Waals surface area contributed by atoms with E-state index >= 15 is 0 Å². The molecule has 0 saturated heterocycles. The molecule has 0 aliphatic heterocycles. The van der Waals surface area contributed by atoms with Gasteiger partial charge in [-0.25, -0.2) is 0 Å². The molecule has 1 aromatic rings. The second-order valence-corrected chi connectivity index (χ2v) is 5.73. The predicted molar refractivity (Wildman–Crippen MR) is 84.0 cm³/mol. The molecule has 0 aliphatic rings. The molecule has 6 heteroatoms. The van der Waals surface area contributed by atoms with Crippen LogP contribution in [0.5, 0.6) is 5.75 Å². The zero-order chi connectivity index (χ0) is 11.6. The molecule has 0 aromatic heterocycles. The van der Waals surface area contributed by atoms with Gasteiger partial charge in [0.2, 0.25) is 0 Å². The van der Waals surface area contributed by atoms with Gasteiger partial charge in [0, 0.05) is 9.13 Å². The van der Waals surface area contributed by atoms with Crippen LogP contribution in [0, 0.1) is 7.14 Å². The highest BCUT2D eigenvalue weighted by Crippen LogP contribution is 2.32. The van der Waals surface area contributed by atoms with E-state index in [1.54, 1.807) is 0 Å². The molecule has 0 fully saturated rings. The minimum absolute atomic E-state index is 0. The van der Waals surface area contributed by atoms with Gasteiger partial charge in [0.15, 0.2) is 0 Å². The summed E-state index contributed by atoms with van der Waals surface area (Å²) in [4.78, 5) is 0. The molecular weight excluding hydrogens is 455 g/mol. The number of aliphatic hydroxyl groups excluding tert-OH is 1. The number of aromatic hydroxyl groups is 1. The second kappa shape index (κ2) is 7.20. The lowest BCUT2D eigenvalue weighted by Gasteiger charge is -2.19. The number of rotatable bonds is 3. The van der Waals surface area contributed by atoms with Crippen molar-refractivity contribution in [3.8, 4) is 5.75 Å². The topological polar surface area (TPSA) is 66.5 Å². The lowest BCUT2D eigenvalue weighted by atomic mass is 10.00. The van der Waals surface area contributed by atoms with Crippen molar-refractivity contribution < 1.29 is 10.2 Å². The summed E-state index contributed by atoms with van der Waals surface area (Å²) in [5, 5.41) is 19.5. The highest BCUT2D eigenvalue weighted by atomic mass is 127. The summed E-state index contributed by atoms with van der Waals surface area (Å²) in [5.41, 5.74) is 6.48. The first-order valence-corrected chi connectivity index (χ1v) is 6.74. The Morgan fingerprint density at radius 3 is 2.44 bits per heavy atom. The Kier molecular flexibility index (Phi) is 7.51. The number of benzene rings is 1. The molecule has 4 N–H and O–H groups in total. The van der Waals surface area contributed by atoms with Crippen LogP contribution in [-0.2, 0) is 0 Å². The quantitative estimate of drug-likeness (QED) is 0.597. The van der Waals surface area contributed by atoms with Crippen LogP contribution in [0.25, 0.3) is 0 Å². The van der Waals surface area contributed by atoms with Crippen molar-refractivity contribution in [2.75, 3.05) is 0 Å². The van der Waals surface area contributed by atoms with Gasteiger partial charge in [-0.3, -0.25) is 0 Å². The third-order valence-electron chi connectivity index (χ3n) is 2.25. The Balaban J connectivity index is 0.00000225. The molecule has 1 aromatic carbocycles. The first-order chi connectivity index (χ1) is 6.97. The first kappa shape index (κ1) is 16.7. The van der Waals surface area contributed by atoms with E-state index in [0.29, 0.717) is 12.0 Å². The van der Waals surface area contributed by atoms with E-state index in [1.165, 1.54) is 0 Å². The number of phenols is 1. The van der Waals surface area contributed by atoms with E-state index in [4.69, 9.17) is 5.73 Å². The number of nitrogens with two attached hydrogens (primary N) is 1. The molecule has 0 bridgehead atoms. The molecule has 0 radical (unpaired) electrons. The largest absolute Gasteiger partial charge is 0.506 e. The molecule has 0 aliphatic carbocycles. The monoisotopic (exact) mass is 469 g/mol. The Bertz CT molecular complexity index is 363. The van der Waals surface area contributed by atoms with Gasteiger partial charge < -0.3 is 15.9 Å². The van der Waals surface area contributed by atoms with Crippen LogP contribution in [0.2, 0.25) is 0 Å². The summed E-state index contributed by atoms with van der Waals surface area (Å²) in [6.45, 7) is 1.86. The number of phenolic OH excluding ortho intramolecular Hbond substituents is 1. The normalized spacial score (nSPS) is 14.1. The molecule has 1 rings (SSSR count). The molecule has 0 saturated carbocycles. The minimum atomic E-state index is -0.620. The van der Waals surface area contributed by atoms with E-state index in [9.17, 15) is 10.2 Å². The standard InChI is InChI=1S/C10H13I2NO2.ClH/c1-2-8(14)9(13)6-3-5(11)4-7(12)10(6)15;/h3-4,8-9,14-15H,2,13H2,1H3;1H/t8-,9+;/m0./s1. The number of hydrogen-bond acceptors (Lipinski definition) is 3. The SMILES string of the molecule is CC[C@H](O)[C@H](N)c1cc(I)cc(I)c1O.Cl. The molecule has 3 nitrogen and oxygen atoms in total. The van der Waals surface area contributed by atoms with Crippen LogP contribution >= 0.6 is 57.6 Å². The number of aliphatic hydroxyl groups is 1. The fraction of sp³-hybridized carbons (Fsp3) is 0.400. The van der Waals surface area contributed by atoms with Gasteiger partial charge in [-0.1, -0.05) is 6.92 Å². The number of hydrogen-bond donors (Lipinski definition) is 3. The molecule has 16 heavy (non-hydrogen) atoms. The van der Waals surface area contributed by atoms with E-state index in [-0.39, 0.29) is 18.2 Å². The molecular formula is C10H14ClI2NO2. The molecule has 0 heterocycles. The van der Waals surface area contributed by atoms with Crippen molar-refractivity contribution in [2.45, 2.75) is 25.5 Å². The fourth-order valence-corrected chi connectivity index (χ4v) is 3.19. The summed E-state index contributed by atoms with van der Waals surface area (Å²) in [7, 11) is 0. The Morgan fingerprint density at radius 1 is 1.38 bits per heavy atom. The Labute approximate surface area is 128 Å². The second-order valence-electron chi connectivity index (χ2n) is 3.33. The summed E-state index contributed by atoms with van der Waals surface area (Å²) >= 11 is 4.22. The summed E-state index contributed by atoms with van der Waals surface area (Å²) < 4.78 is 1.76. The summed E-state index contributed by atoms with van der Waals surface area (Å²) in [5.74, 6) is 0.177. The van der Waals surface area contributed by atoms with E-state index in [2.05, 4.69) is 45.2 Å². The van der Waals surface area contributed by atoms with Crippen LogP contribution < -0.4 is 5.73 Å². The van der Waals surface area contributed by atoms with Crippen LogP contribution in [0.15, 0.2) is 12.1 Å². The zero-order valence-corrected chi connectivity index (χ0v) is 13.8. The van der Waals surface area contributed by atoms with E-state index in [0.717, 1.165) is 7.14 Å². The molecule has 92 valence electrons. The van der Waals surface area contributed by atoms with Gasteiger partial charge in [0.25, 0.3) is 0 Å². The molecule has 0 unspecified atom stereocenters. The van der Waals surface area contributed by atoms with Crippen LogP contribution in [0.3, 0.4) is 0 Å².